The molecule has 1 aliphatic rings. The van der Waals surface area contributed by atoms with Crippen molar-refractivity contribution in [3.8, 4) is 0 Å². The smallest absolute Gasteiger partial charge is 0.296 e. The number of nitrogens with zero attached hydrogens (tertiary/aromatic N) is 3. The molecule has 2 aromatic heterocycles. The summed E-state index contributed by atoms with van der Waals surface area (Å²) in [6.07, 6.45) is 0. The van der Waals surface area contributed by atoms with Crippen LogP contribution in [-0.2, 0) is 10.5 Å². The number of benzene rings is 2. The second-order valence-corrected chi connectivity index (χ2v) is 11.0. The minimum absolute atomic E-state index is 0.0319. The van der Waals surface area contributed by atoms with Crippen LogP contribution in [0.2, 0.25) is 5.02 Å². The van der Waals surface area contributed by atoms with Gasteiger partial charge >= 0.3 is 0 Å². The van der Waals surface area contributed by atoms with Crippen LogP contribution in [0.1, 0.15) is 26.8 Å². The maximum absolute atomic E-state index is 14.0. The molecular formula is C24H15ClFN3O3S3. The van der Waals surface area contributed by atoms with Crippen molar-refractivity contribution in [3.05, 3.63) is 104 Å². The third-order valence-electron chi connectivity index (χ3n) is 5.29. The van der Waals surface area contributed by atoms with Crippen LogP contribution in [0.5, 0.6) is 0 Å². The maximum atomic E-state index is 14.0. The van der Waals surface area contributed by atoms with E-state index in [1.54, 1.807) is 60.0 Å². The van der Waals surface area contributed by atoms with E-state index in [2.05, 4.69) is 10.2 Å². The van der Waals surface area contributed by atoms with E-state index in [1.165, 1.54) is 34.1 Å². The molecule has 0 spiro atoms. The molecule has 6 nitrogen and oxygen atoms in total. The second-order valence-electron chi connectivity index (χ2n) is 7.43. The van der Waals surface area contributed by atoms with Crippen LogP contribution in [0.3, 0.4) is 0 Å². The zero-order chi connectivity index (χ0) is 24.5. The Morgan fingerprint density at radius 3 is 2.60 bits per heavy atom. The summed E-state index contributed by atoms with van der Waals surface area (Å²) in [6, 6.07) is 15.6. The van der Waals surface area contributed by atoms with Crippen molar-refractivity contribution in [3.63, 3.8) is 0 Å². The molecule has 1 unspecified atom stereocenters. The van der Waals surface area contributed by atoms with Crippen molar-refractivity contribution >= 4 is 62.9 Å². The van der Waals surface area contributed by atoms with Crippen LogP contribution in [0.25, 0.3) is 0 Å². The Morgan fingerprint density at radius 2 is 1.89 bits per heavy atom. The van der Waals surface area contributed by atoms with Gasteiger partial charge in [0, 0.05) is 10.8 Å². The number of aliphatic hydroxyl groups excluding tert-OH is 1. The highest BCUT2D eigenvalue weighted by Crippen LogP contribution is 2.44. The van der Waals surface area contributed by atoms with Crippen LogP contribution in [0, 0.1) is 5.82 Å². The lowest BCUT2D eigenvalue weighted by atomic mass is 9.95. The van der Waals surface area contributed by atoms with Crippen LogP contribution < -0.4 is 4.90 Å². The summed E-state index contributed by atoms with van der Waals surface area (Å²) in [6.45, 7) is 0. The Labute approximate surface area is 216 Å². The number of thioether (sulfide) groups is 1. The van der Waals surface area contributed by atoms with Crippen molar-refractivity contribution < 1.29 is 19.1 Å². The van der Waals surface area contributed by atoms with Gasteiger partial charge in [-0.15, -0.1) is 21.5 Å². The molecule has 0 bridgehead atoms. The molecule has 1 atom stereocenters. The number of anilines is 1. The average molecular weight is 544 g/mol. The molecule has 1 aliphatic heterocycles. The lowest BCUT2D eigenvalue weighted by Crippen LogP contribution is -2.31. The van der Waals surface area contributed by atoms with Gasteiger partial charge < -0.3 is 5.11 Å². The molecular weight excluding hydrogens is 529 g/mol. The molecule has 1 N–H and O–H groups in total. The van der Waals surface area contributed by atoms with Gasteiger partial charge in [0.2, 0.25) is 10.9 Å². The van der Waals surface area contributed by atoms with E-state index in [4.69, 9.17) is 11.6 Å². The Kier molecular flexibility index (Phi) is 6.70. The number of aromatic nitrogens is 2. The van der Waals surface area contributed by atoms with Crippen molar-refractivity contribution in [1.82, 2.24) is 10.2 Å². The van der Waals surface area contributed by atoms with Gasteiger partial charge in [-0.1, -0.05) is 71.1 Å². The predicted octanol–water partition coefficient (Wildman–Crippen LogP) is 6.47. The topological polar surface area (TPSA) is 83.4 Å². The zero-order valence-electron chi connectivity index (χ0n) is 17.7. The molecule has 0 fully saturated rings. The van der Waals surface area contributed by atoms with Crippen molar-refractivity contribution in [2.24, 2.45) is 0 Å². The van der Waals surface area contributed by atoms with Gasteiger partial charge in [0.1, 0.15) is 5.82 Å². The standard InChI is InChI=1S/C24H15ClFN3O3S3/c25-15-9-7-13(8-10-15)19-18(20(30)17-6-3-11-33-17)21(31)22(32)29(19)23-27-28-24(35-23)34-12-14-4-1-2-5-16(14)26/h1-11,19,31H,12H2. The number of halogens is 2. The molecule has 35 heavy (non-hydrogen) atoms. The van der Waals surface area contributed by atoms with Crippen molar-refractivity contribution in [2.45, 2.75) is 16.1 Å². The number of Topliss-reactive ketones (excluding diaryl/α,β-unsaturated/α-hetero) is 1. The van der Waals surface area contributed by atoms with E-state index in [1.807, 2.05) is 0 Å². The number of thiophene rings is 1. The largest absolute Gasteiger partial charge is 0.503 e. The fourth-order valence-electron chi connectivity index (χ4n) is 3.65. The Bertz CT molecular complexity index is 1440. The molecule has 1 amide bonds. The third kappa shape index (κ3) is 4.62. The highest BCUT2D eigenvalue weighted by Gasteiger charge is 2.46. The summed E-state index contributed by atoms with van der Waals surface area (Å²) < 4.78 is 14.5. The molecule has 11 heteroatoms. The monoisotopic (exact) mass is 543 g/mol. The van der Waals surface area contributed by atoms with Gasteiger partial charge in [-0.2, -0.15) is 0 Å². The fraction of sp³-hybridized carbons (Fsp3) is 0.0833. The number of hydrogen-bond donors (Lipinski definition) is 1. The predicted molar refractivity (Wildman–Crippen MR) is 136 cm³/mol. The molecule has 0 saturated heterocycles. The number of ketones is 1. The molecule has 0 radical (unpaired) electrons. The lowest BCUT2D eigenvalue weighted by molar-refractivity contribution is -0.117. The number of aliphatic hydroxyl groups is 1. The highest BCUT2D eigenvalue weighted by molar-refractivity contribution is 8.00. The summed E-state index contributed by atoms with van der Waals surface area (Å²) in [5.74, 6) is -1.78. The van der Waals surface area contributed by atoms with E-state index >= 15 is 0 Å². The summed E-state index contributed by atoms with van der Waals surface area (Å²) in [5.41, 5.74) is 1.08. The van der Waals surface area contributed by atoms with E-state index < -0.39 is 23.5 Å². The first-order valence-corrected chi connectivity index (χ1v) is 13.3. The SMILES string of the molecule is O=C(C1=C(O)C(=O)N(c2nnc(SCc3ccccc3F)s2)C1c1ccc(Cl)cc1)c1cccs1. The summed E-state index contributed by atoms with van der Waals surface area (Å²) >= 11 is 9.68. The third-order valence-corrected chi connectivity index (χ3v) is 8.52. The summed E-state index contributed by atoms with van der Waals surface area (Å²) in [4.78, 5) is 28.2. The first-order valence-electron chi connectivity index (χ1n) is 10.2. The van der Waals surface area contributed by atoms with E-state index in [9.17, 15) is 19.1 Å². The maximum Gasteiger partial charge on any atom is 0.296 e. The summed E-state index contributed by atoms with van der Waals surface area (Å²) in [7, 11) is 0. The Balaban J connectivity index is 1.49. The first-order chi connectivity index (χ1) is 16.9. The van der Waals surface area contributed by atoms with Crippen LogP contribution >= 0.6 is 46.0 Å². The molecule has 4 aromatic rings. The number of hydrogen-bond acceptors (Lipinski definition) is 8. The number of rotatable bonds is 7. The molecule has 3 heterocycles. The van der Waals surface area contributed by atoms with Gasteiger partial charge in [-0.25, -0.2) is 4.39 Å². The van der Waals surface area contributed by atoms with Gasteiger partial charge in [0.25, 0.3) is 5.91 Å². The highest BCUT2D eigenvalue weighted by atomic mass is 35.5. The first kappa shape index (κ1) is 23.7. The zero-order valence-corrected chi connectivity index (χ0v) is 20.9. The minimum atomic E-state index is -0.910. The molecule has 0 aliphatic carbocycles. The van der Waals surface area contributed by atoms with Gasteiger partial charge in [-0.05, 0) is 40.8 Å². The van der Waals surface area contributed by atoms with Gasteiger partial charge in [0.05, 0.1) is 16.5 Å². The van der Waals surface area contributed by atoms with Crippen molar-refractivity contribution in [1.29, 1.82) is 0 Å². The van der Waals surface area contributed by atoms with Crippen LogP contribution in [-0.4, -0.2) is 27.0 Å². The van der Waals surface area contributed by atoms with Gasteiger partial charge in [0.15, 0.2) is 10.1 Å². The van der Waals surface area contributed by atoms with Gasteiger partial charge in [-0.3, -0.25) is 14.5 Å². The average Bonchev–Trinajstić information content (AvgIpc) is 3.60. The minimum Gasteiger partial charge on any atom is -0.503 e. The van der Waals surface area contributed by atoms with Crippen LogP contribution in [0.15, 0.2) is 81.7 Å². The molecule has 176 valence electrons. The second kappa shape index (κ2) is 9.90. The van der Waals surface area contributed by atoms with Crippen LogP contribution in [0.4, 0.5) is 9.52 Å². The molecule has 0 saturated carbocycles. The Hall–Kier alpha value is -3.05. The quantitative estimate of drug-likeness (QED) is 0.163. The van der Waals surface area contributed by atoms with E-state index in [0.717, 1.165) is 11.3 Å². The van der Waals surface area contributed by atoms with Crippen molar-refractivity contribution in [2.75, 3.05) is 4.90 Å². The number of amides is 1. The fourth-order valence-corrected chi connectivity index (χ4v) is 6.31. The normalized spacial score (nSPS) is 15.8. The van der Waals surface area contributed by atoms with E-state index in [0.29, 0.717) is 31.1 Å². The molecule has 5 rings (SSSR count). The Morgan fingerprint density at radius 1 is 1.11 bits per heavy atom. The lowest BCUT2D eigenvalue weighted by Gasteiger charge is -2.24. The number of carbonyl (C=O) groups is 2. The van der Waals surface area contributed by atoms with E-state index in [-0.39, 0.29) is 16.5 Å². The number of carbonyl (C=O) groups excluding carboxylic acids is 2. The molecule has 2 aromatic carbocycles. The summed E-state index contributed by atoms with van der Waals surface area (Å²) in [5, 5.41) is 21.5.